The molecule has 0 aliphatic carbocycles. The van der Waals surface area contributed by atoms with Gasteiger partial charge < -0.3 is 4.90 Å². The molecule has 158 valence electrons. The zero-order chi connectivity index (χ0) is 21.6. The van der Waals surface area contributed by atoms with Gasteiger partial charge in [0.15, 0.2) is 0 Å². The van der Waals surface area contributed by atoms with Crippen LogP contribution < -0.4 is 0 Å². The molecule has 1 saturated heterocycles. The average Bonchev–Trinajstić information content (AvgIpc) is 2.77. The quantitative estimate of drug-likeness (QED) is 0.678. The molecule has 0 saturated carbocycles. The summed E-state index contributed by atoms with van der Waals surface area (Å²) in [7, 11) is -3.55. The van der Waals surface area contributed by atoms with E-state index in [1.807, 2.05) is 6.07 Å². The van der Waals surface area contributed by atoms with Gasteiger partial charge in [0, 0.05) is 44.1 Å². The highest BCUT2D eigenvalue weighted by atomic mass is 32.2. The molecule has 0 radical (unpaired) electrons. The highest BCUT2D eigenvalue weighted by Gasteiger charge is 2.28. The van der Waals surface area contributed by atoms with Crippen LogP contribution >= 0.6 is 0 Å². The van der Waals surface area contributed by atoms with E-state index >= 15 is 0 Å². The van der Waals surface area contributed by atoms with Crippen LogP contribution in [-0.2, 0) is 16.6 Å². The standard InChI is InChI=1S/C22H26N4O3S/c1-18-9-14-26(15-10-18)30(28,29)21-7-5-20(6-8-21)22(27)25(13-3-11-23)17-19-4-2-12-24-16-19/h2,4-8,12,16,18H,3,9-10,13-15,17H2,1H3. The summed E-state index contributed by atoms with van der Waals surface area (Å²) in [5, 5.41) is 8.93. The minimum atomic E-state index is -3.55. The molecule has 8 heteroatoms. The van der Waals surface area contributed by atoms with E-state index in [9.17, 15) is 13.2 Å². The zero-order valence-electron chi connectivity index (χ0n) is 17.1. The van der Waals surface area contributed by atoms with Crippen LogP contribution in [-0.4, -0.2) is 48.1 Å². The third-order valence-corrected chi connectivity index (χ3v) is 7.27. The summed E-state index contributed by atoms with van der Waals surface area (Å²) in [5.74, 6) is 0.292. The number of hydrogen-bond donors (Lipinski definition) is 0. The Bertz CT molecular complexity index is 993. The number of carbonyl (C=O) groups is 1. The first kappa shape index (κ1) is 21.9. The lowest BCUT2D eigenvalue weighted by atomic mass is 10.0. The predicted octanol–water partition coefficient (Wildman–Crippen LogP) is 3.06. The first-order valence-electron chi connectivity index (χ1n) is 10.1. The molecule has 1 amide bonds. The fourth-order valence-electron chi connectivity index (χ4n) is 3.48. The lowest BCUT2D eigenvalue weighted by molar-refractivity contribution is 0.0746. The normalized spacial score (nSPS) is 15.5. The number of carbonyl (C=O) groups excluding carboxylic acids is 1. The van der Waals surface area contributed by atoms with Gasteiger partial charge in [0.05, 0.1) is 17.4 Å². The maximum atomic E-state index is 13.0. The van der Waals surface area contributed by atoms with Crippen molar-refractivity contribution in [1.82, 2.24) is 14.2 Å². The van der Waals surface area contributed by atoms with E-state index in [2.05, 4.69) is 18.0 Å². The number of sulfonamides is 1. The third kappa shape index (κ3) is 5.23. The average molecular weight is 427 g/mol. The Labute approximate surface area is 178 Å². The maximum Gasteiger partial charge on any atom is 0.254 e. The number of amides is 1. The largest absolute Gasteiger partial charge is 0.333 e. The highest BCUT2D eigenvalue weighted by molar-refractivity contribution is 7.89. The number of piperidine rings is 1. The Kier molecular flexibility index (Phi) is 7.19. The van der Waals surface area contributed by atoms with Crippen LogP contribution in [0.4, 0.5) is 0 Å². The molecule has 1 aromatic carbocycles. The van der Waals surface area contributed by atoms with Crippen molar-refractivity contribution in [2.24, 2.45) is 5.92 Å². The summed E-state index contributed by atoms with van der Waals surface area (Å²) in [6.07, 6.45) is 5.27. The van der Waals surface area contributed by atoms with Crippen LogP contribution in [0.2, 0.25) is 0 Å². The van der Waals surface area contributed by atoms with Gasteiger partial charge in [-0.2, -0.15) is 9.57 Å². The van der Waals surface area contributed by atoms with Crippen molar-refractivity contribution < 1.29 is 13.2 Å². The van der Waals surface area contributed by atoms with E-state index in [1.54, 1.807) is 35.5 Å². The molecular formula is C22H26N4O3S. The fourth-order valence-corrected chi connectivity index (χ4v) is 4.95. The Hall–Kier alpha value is -2.76. The molecule has 30 heavy (non-hydrogen) atoms. The molecule has 2 aromatic rings. The Morgan fingerprint density at radius 2 is 1.93 bits per heavy atom. The predicted molar refractivity (Wildman–Crippen MR) is 113 cm³/mol. The summed E-state index contributed by atoms with van der Waals surface area (Å²) in [5.41, 5.74) is 1.25. The molecule has 0 spiro atoms. The molecule has 0 N–H and O–H groups in total. The second-order valence-electron chi connectivity index (χ2n) is 7.61. The molecular weight excluding hydrogens is 400 g/mol. The van der Waals surface area contributed by atoms with Crippen molar-refractivity contribution in [3.05, 3.63) is 59.9 Å². The van der Waals surface area contributed by atoms with Gasteiger partial charge in [-0.25, -0.2) is 8.42 Å². The summed E-state index contributed by atoms with van der Waals surface area (Å²) < 4.78 is 27.3. The second-order valence-corrected chi connectivity index (χ2v) is 9.55. The van der Waals surface area contributed by atoms with Gasteiger partial charge in [-0.3, -0.25) is 9.78 Å². The monoisotopic (exact) mass is 426 g/mol. The molecule has 0 bridgehead atoms. The molecule has 1 aromatic heterocycles. The maximum absolute atomic E-state index is 13.0. The molecule has 2 heterocycles. The Morgan fingerprint density at radius 3 is 2.53 bits per heavy atom. The number of hydrogen-bond acceptors (Lipinski definition) is 5. The fraction of sp³-hybridized carbons (Fsp3) is 0.409. The van der Waals surface area contributed by atoms with Crippen molar-refractivity contribution in [1.29, 1.82) is 5.26 Å². The molecule has 0 atom stereocenters. The van der Waals surface area contributed by atoms with Crippen LogP contribution in [0.25, 0.3) is 0 Å². The van der Waals surface area contributed by atoms with Crippen molar-refractivity contribution in [3.63, 3.8) is 0 Å². The first-order valence-corrected chi connectivity index (χ1v) is 11.5. The Balaban J connectivity index is 1.76. The molecule has 7 nitrogen and oxygen atoms in total. The second kappa shape index (κ2) is 9.83. The van der Waals surface area contributed by atoms with Crippen LogP contribution in [0.3, 0.4) is 0 Å². The SMILES string of the molecule is CC1CCN(S(=O)(=O)c2ccc(C(=O)N(CCC#N)Cc3cccnc3)cc2)CC1. The highest BCUT2D eigenvalue weighted by Crippen LogP contribution is 2.24. The van der Waals surface area contributed by atoms with Crippen LogP contribution in [0.5, 0.6) is 0 Å². The zero-order valence-corrected chi connectivity index (χ0v) is 17.9. The summed E-state index contributed by atoms with van der Waals surface area (Å²) in [6, 6.07) is 11.8. The van der Waals surface area contributed by atoms with Crippen LogP contribution in [0.1, 0.15) is 42.1 Å². The molecule has 1 aliphatic rings. The van der Waals surface area contributed by atoms with Gasteiger partial charge in [0.25, 0.3) is 5.91 Å². The Morgan fingerprint density at radius 1 is 1.23 bits per heavy atom. The van der Waals surface area contributed by atoms with Gasteiger partial charge >= 0.3 is 0 Å². The minimum absolute atomic E-state index is 0.199. The van der Waals surface area contributed by atoms with Crippen molar-refractivity contribution in [2.45, 2.75) is 37.6 Å². The van der Waals surface area contributed by atoms with E-state index in [0.717, 1.165) is 18.4 Å². The molecule has 1 fully saturated rings. The van der Waals surface area contributed by atoms with Gasteiger partial charge in [-0.1, -0.05) is 13.0 Å². The van der Waals surface area contributed by atoms with E-state index in [1.165, 1.54) is 16.4 Å². The number of aromatic nitrogens is 1. The number of nitriles is 1. The molecule has 3 rings (SSSR count). The molecule has 0 unspecified atom stereocenters. The number of rotatable bonds is 7. The van der Waals surface area contributed by atoms with Crippen molar-refractivity contribution in [2.75, 3.05) is 19.6 Å². The van der Waals surface area contributed by atoms with E-state index < -0.39 is 10.0 Å². The van der Waals surface area contributed by atoms with Crippen LogP contribution in [0.15, 0.2) is 53.7 Å². The van der Waals surface area contributed by atoms with E-state index in [-0.39, 0.29) is 23.8 Å². The summed E-state index contributed by atoms with van der Waals surface area (Å²) in [4.78, 5) is 18.8. The summed E-state index contributed by atoms with van der Waals surface area (Å²) in [6.45, 7) is 3.80. The summed E-state index contributed by atoms with van der Waals surface area (Å²) >= 11 is 0. The number of pyridine rings is 1. The van der Waals surface area contributed by atoms with E-state index in [4.69, 9.17) is 5.26 Å². The van der Waals surface area contributed by atoms with Gasteiger partial charge in [0.1, 0.15) is 0 Å². The first-order chi connectivity index (χ1) is 14.4. The number of nitrogens with zero attached hydrogens (tertiary/aromatic N) is 4. The lowest BCUT2D eigenvalue weighted by Crippen LogP contribution is -2.37. The van der Waals surface area contributed by atoms with Gasteiger partial charge in [0.2, 0.25) is 10.0 Å². The third-order valence-electron chi connectivity index (χ3n) is 5.36. The van der Waals surface area contributed by atoms with Crippen molar-refractivity contribution >= 4 is 15.9 Å². The number of benzene rings is 1. The van der Waals surface area contributed by atoms with Crippen LogP contribution in [0, 0.1) is 17.2 Å². The van der Waals surface area contributed by atoms with Gasteiger partial charge in [-0.05, 0) is 54.7 Å². The smallest absolute Gasteiger partial charge is 0.254 e. The van der Waals surface area contributed by atoms with Gasteiger partial charge in [-0.15, -0.1) is 0 Å². The molecule has 1 aliphatic heterocycles. The lowest BCUT2D eigenvalue weighted by Gasteiger charge is -2.29. The minimum Gasteiger partial charge on any atom is -0.333 e. The van der Waals surface area contributed by atoms with E-state index in [0.29, 0.717) is 31.1 Å². The topological polar surface area (TPSA) is 94.4 Å². The van der Waals surface area contributed by atoms with Crippen molar-refractivity contribution in [3.8, 4) is 6.07 Å².